The first-order valence-corrected chi connectivity index (χ1v) is 6.37. The van der Waals surface area contributed by atoms with E-state index in [4.69, 9.17) is 21.8 Å². The Labute approximate surface area is 120 Å². The van der Waals surface area contributed by atoms with Crippen molar-refractivity contribution in [3.8, 4) is 11.5 Å². The maximum atomic E-state index is 6.10. The summed E-state index contributed by atoms with van der Waals surface area (Å²) >= 11 is 6.04. The molecule has 6 heteroatoms. The molecule has 0 radical (unpaired) electrons. The average molecular weight is 287 g/mol. The highest BCUT2D eigenvalue weighted by atomic mass is 35.5. The van der Waals surface area contributed by atoms with Crippen LogP contribution in [-0.2, 0) is 0 Å². The summed E-state index contributed by atoms with van der Waals surface area (Å²) in [4.78, 5) is 3.91. The minimum atomic E-state index is -0.460. The number of benzene rings is 1. The molecule has 3 rings (SSSR count). The fourth-order valence-electron chi connectivity index (χ4n) is 1.82. The third-order valence-electron chi connectivity index (χ3n) is 2.87. The lowest BCUT2D eigenvalue weighted by Crippen LogP contribution is -2.11. The summed E-state index contributed by atoms with van der Waals surface area (Å²) in [6.07, 6.45) is 3.14. The number of pyridine rings is 1. The van der Waals surface area contributed by atoms with Gasteiger partial charge in [-0.05, 0) is 11.6 Å². The van der Waals surface area contributed by atoms with Crippen molar-refractivity contribution in [3.63, 3.8) is 0 Å². The van der Waals surface area contributed by atoms with Crippen LogP contribution in [0.15, 0.2) is 53.2 Å². The zero-order valence-electron chi connectivity index (χ0n) is 10.4. The summed E-state index contributed by atoms with van der Waals surface area (Å²) in [5.74, 6) is 0.679. The van der Waals surface area contributed by atoms with Gasteiger partial charge < -0.3 is 10.2 Å². The van der Waals surface area contributed by atoms with Crippen molar-refractivity contribution >= 4 is 11.6 Å². The van der Waals surface area contributed by atoms with E-state index < -0.39 is 6.04 Å². The number of nitrogens with two attached hydrogens (primary N) is 1. The van der Waals surface area contributed by atoms with E-state index in [1.165, 1.54) is 6.20 Å². The van der Waals surface area contributed by atoms with E-state index in [-0.39, 0.29) is 0 Å². The van der Waals surface area contributed by atoms with Crippen molar-refractivity contribution in [2.24, 2.45) is 5.73 Å². The molecule has 2 aromatic heterocycles. The molecule has 3 aromatic rings. The van der Waals surface area contributed by atoms with Gasteiger partial charge in [-0.3, -0.25) is 4.98 Å². The van der Waals surface area contributed by atoms with Crippen LogP contribution in [0.25, 0.3) is 11.5 Å². The minimum absolute atomic E-state index is 0.332. The second-order valence-corrected chi connectivity index (χ2v) is 4.60. The summed E-state index contributed by atoms with van der Waals surface area (Å²) in [6.45, 7) is 0. The lowest BCUT2D eigenvalue weighted by atomic mass is 10.1. The highest BCUT2D eigenvalue weighted by molar-refractivity contribution is 6.32. The molecule has 20 heavy (non-hydrogen) atoms. The first-order valence-electron chi connectivity index (χ1n) is 5.99. The van der Waals surface area contributed by atoms with Crippen molar-refractivity contribution in [1.82, 2.24) is 15.2 Å². The molecule has 0 aliphatic carbocycles. The quantitative estimate of drug-likeness (QED) is 0.801. The van der Waals surface area contributed by atoms with Crippen LogP contribution in [0.5, 0.6) is 0 Å². The van der Waals surface area contributed by atoms with Crippen molar-refractivity contribution in [2.75, 3.05) is 0 Å². The fraction of sp³-hybridized carbons (Fsp3) is 0.0714. The molecule has 0 aliphatic heterocycles. The number of hydrogen-bond donors (Lipinski definition) is 1. The Hall–Kier alpha value is -2.24. The highest BCUT2D eigenvalue weighted by Crippen LogP contribution is 2.27. The standard InChI is InChI=1S/C14H11ClN4O/c15-11-8-17-7-6-10(11)13-18-19-14(20-13)12(16)9-4-2-1-3-5-9/h1-8,12H,16H2. The van der Waals surface area contributed by atoms with Crippen LogP contribution < -0.4 is 5.73 Å². The predicted octanol–water partition coefficient (Wildman–Crippen LogP) is 2.83. The molecule has 1 unspecified atom stereocenters. The molecule has 0 spiro atoms. The number of nitrogens with zero attached hydrogens (tertiary/aromatic N) is 3. The molecule has 0 fully saturated rings. The lowest BCUT2D eigenvalue weighted by Gasteiger charge is -2.06. The van der Waals surface area contributed by atoms with Gasteiger partial charge in [-0.25, -0.2) is 0 Å². The van der Waals surface area contributed by atoms with E-state index in [0.29, 0.717) is 22.4 Å². The van der Waals surface area contributed by atoms with Gasteiger partial charge in [0.25, 0.3) is 0 Å². The van der Waals surface area contributed by atoms with Gasteiger partial charge >= 0.3 is 0 Å². The normalized spacial score (nSPS) is 12.3. The van der Waals surface area contributed by atoms with Crippen LogP contribution in [0.4, 0.5) is 0 Å². The van der Waals surface area contributed by atoms with Gasteiger partial charge in [-0.1, -0.05) is 41.9 Å². The fourth-order valence-corrected chi connectivity index (χ4v) is 2.02. The number of aromatic nitrogens is 3. The van der Waals surface area contributed by atoms with Gasteiger partial charge in [-0.2, -0.15) is 0 Å². The second-order valence-electron chi connectivity index (χ2n) is 4.19. The topological polar surface area (TPSA) is 77.8 Å². The maximum absolute atomic E-state index is 6.10. The third-order valence-corrected chi connectivity index (χ3v) is 3.17. The van der Waals surface area contributed by atoms with Crippen LogP contribution in [0, 0.1) is 0 Å². The molecule has 0 aliphatic rings. The van der Waals surface area contributed by atoms with Gasteiger partial charge in [0.05, 0.1) is 10.6 Å². The first kappa shape index (κ1) is 12.8. The highest BCUT2D eigenvalue weighted by Gasteiger charge is 2.18. The second kappa shape index (κ2) is 5.40. The molecular weight excluding hydrogens is 276 g/mol. The smallest absolute Gasteiger partial charge is 0.249 e. The molecule has 0 bridgehead atoms. The number of halogens is 1. The molecule has 0 saturated carbocycles. The Balaban J connectivity index is 1.93. The van der Waals surface area contributed by atoms with Gasteiger partial charge in [0.1, 0.15) is 6.04 Å². The predicted molar refractivity (Wildman–Crippen MR) is 75.0 cm³/mol. The first-order chi connectivity index (χ1) is 9.75. The summed E-state index contributed by atoms with van der Waals surface area (Å²) in [6, 6.07) is 10.8. The van der Waals surface area contributed by atoms with Gasteiger partial charge in [0.2, 0.25) is 11.8 Å². The summed E-state index contributed by atoms with van der Waals surface area (Å²) in [5, 5.41) is 8.43. The SMILES string of the molecule is NC(c1ccccc1)c1nnc(-c2ccncc2Cl)o1. The van der Waals surface area contributed by atoms with E-state index in [0.717, 1.165) is 5.56 Å². The average Bonchev–Trinajstić information content (AvgIpc) is 2.97. The minimum Gasteiger partial charge on any atom is -0.419 e. The zero-order valence-corrected chi connectivity index (χ0v) is 11.2. The van der Waals surface area contributed by atoms with Crippen molar-refractivity contribution in [3.05, 3.63) is 65.3 Å². The largest absolute Gasteiger partial charge is 0.419 e. The van der Waals surface area contributed by atoms with Crippen molar-refractivity contribution in [1.29, 1.82) is 0 Å². The molecule has 1 aromatic carbocycles. The Morgan fingerprint density at radius 1 is 1.10 bits per heavy atom. The van der Waals surface area contributed by atoms with Crippen LogP contribution >= 0.6 is 11.6 Å². The zero-order chi connectivity index (χ0) is 13.9. The molecular formula is C14H11ClN4O. The molecule has 2 N–H and O–H groups in total. The monoisotopic (exact) mass is 286 g/mol. The maximum Gasteiger partial charge on any atom is 0.249 e. The van der Waals surface area contributed by atoms with E-state index in [2.05, 4.69) is 15.2 Å². The Kier molecular flexibility index (Phi) is 3.45. The van der Waals surface area contributed by atoms with Crippen LogP contribution in [0.3, 0.4) is 0 Å². The third kappa shape index (κ3) is 2.41. The Morgan fingerprint density at radius 2 is 1.90 bits per heavy atom. The summed E-state index contributed by atoms with van der Waals surface area (Å²) in [7, 11) is 0. The molecule has 1 atom stereocenters. The van der Waals surface area contributed by atoms with Crippen LogP contribution in [0.2, 0.25) is 5.02 Å². The summed E-state index contributed by atoms with van der Waals surface area (Å²) < 4.78 is 5.61. The van der Waals surface area contributed by atoms with Gasteiger partial charge in [0.15, 0.2) is 0 Å². The lowest BCUT2D eigenvalue weighted by molar-refractivity contribution is 0.484. The van der Waals surface area contributed by atoms with Crippen molar-refractivity contribution < 1.29 is 4.42 Å². The molecule has 0 saturated heterocycles. The van der Waals surface area contributed by atoms with Gasteiger partial charge in [0, 0.05) is 12.4 Å². The van der Waals surface area contributed by atoms with Crippen molar-refractivity contribution in [2.45, 2.75) is 6.04 Å². The van der Waals surface area contributed by atoms with E-state index in [1.54, 1.807) is 12.3 Å². The van der Waals surface area contributed by atoms with E-state index in [1.807, 2.05) is 30.3 Å². The number of rotatable bonds is 3. The summed E-state index contributed by atoms with van der Waals surface area (Å²) in [5.41, 5.74) is 7.65. The van der Waals surface area contributed by atoms with E-state index in [9.17, 15) is 0 Å². The molecule has 100 valence electrons. The van der Waals surface area contributed by atoms with Crippen LogP contribution in [0.1, 0.15) is 17.5 Å². The molecule has 2 heterocycles. The Morgan fingerprint density at radius 3 is 2.65 bits per heavy atom. The Bertz CT molecular complexity index is 714. The molecule has 5 nitrogen and oxygen atoms in total. The van der Waals surface area contributed by atoms with Crippen LogP contribution in [-0.4, -0.2) is 15.2 Å². The number of hydrogen-bond acceptors (Lipinski definition) is 5. The molecule has 0 amide bonds. The van der Waals surface area contributed by atoms with E-state index >= 15 is 0 Å². The van der Waals surface area contributed by atoms with Gasteiger partial charge in [-0.15, -0.1) is 10.2 Å².